The molecule has 0 spiro atoms. The molecule has 3 aromatic carbocycles. The first-order chi connectivity index (χ1) is 18.9. The highest BCUT2D eigenvalue weighted by molar-refractivity contribution is 7.92. The van der Waals surface area contributed by atoms with Gasteiger partial charge in [-0.25, -0.2) is 8.42 Å². The number of nitrogens with one attached hydrogen (secondary N) is 1. The van der Waals surface area contributed by atoms with E-state index in [9.17, 15) is 18.0 Å². The van der Waals surface area contributed by atoms with E-state index >= 15 is 0 Å². The molecule has 2 amide bonds. The second-order valence-electron chi connectivity index (χ2n) is 9.56. The molecule has 0 saturated heterocycles. The summed E-state index contributed by atoms with van der Waals surface area (Å²) in [5.41, 5.74) is 1.55. The molecule has 0 aliphatic rings. The number of amides is 2. The van der Waals surface area contributed by atoms with Crippen LogP contribution in [-0.2, 0) is 32.6 Å². The Morgan fingerprint density at radius 2 is 1.52 bits per heavy atom. The van der Waals surface area contributed by atoms with E-state index in [1.807, 2.05) is 44.2 Å². The largest absolute Gasteiger partial charge is 0.497 e. The molecule has 0 radical (unpaired) electrons. The van der Waals surface area contributed by atoms with Crippen molar-refractivity contribution in [2.45, 2.75) is 38.9 Å². The molecule has 11 heteroatoms. The zero-order chi connectivity index (χ0) is 29.4. The van der Waals surface area contributed by atoms with Gasteiger partial charge >= 0.3 is 0 Å². The average molecular weight is 607 g/mol. The van der Waals surface area contributed by atoms with Crippen molar-refractivity contribution in [3.63, 3.8) is 0 Å². The number of sulfonamides is 1. The van der Waals surface area contributed by atoms with Crippen molar-refractivity contribution in [1.29, 1.82) is 0 Å². The molecule has 0 bridgehead atoms. The van der Waals surface area contributed by atoms with Crippen LogP contribution in [0.25, 0.3) is 0 Å². The molecule has 0 heterocycles. The summed E-state index contributed by atoms with van der Waals surface area (Å²) in [5, 5.41) is 3.54. The highest BCUT2D eigenvalue weighted by Crippen LogP contribution is 2.28. The maximum atomic E-state index is 14.1. The second-order valence-corrected chi connectivity index (χ2v) is 12.3. The number of anilines is 1. The minimum absolute atomic E-state index is 0.111. The fraction of sp³-hybridized carbons (Fsp3) is 0.310. The second kappa shape index (κ2) is 13.9. The summed E-state index contributed by atoms with van der Waals surface area (Å²) in [5.74, 6) is -0.449. The molecule has 0 saturated carbocycles. The van der Waals surface area contributed by atoms with E-state index in [-0.39, 0.29) is 30.6 Å². The van der Waals surface area contributed by atoms with Crippen LogP contribution in [-0.4, -0.2) is 57.1 Å². The maximum Gasteiger partial charge on any atom is 0.244 e. The molecular formula is C29H33Cl2N3O5S. The van der Waals surface area contributed by atoms with Crippen molar-refractivity contribution in [2.75, 3.05) is 24.2 Å². The zero-order valence-corrected chi connectivity index (χ0v) is 25.1. The number of hydrogen-bond acceptors (Lipinski definition) is 5. The lowest BCUT2D eigenvalue weighted by atomic mass is 10.0. The first-order valence-corrected chi connectivity index (χ1v) is 15.2. The Bertz CT molecular complexity index is 1400. The fourth-order valence-corrected chi connectivity index (χ4v) is 5.52. The molecule has 0 unspecified atom stereocenters. The van der Waals surface area contributed by atoms with Gasteiger partial charge in [-0.05, 0) is 55.8 Å². The molecule has 1 atom stereocenters. The molecule has 0 fully saturated rings. The highest BCUT2D eigenvalue weighted by atomic mass is 35.5. The number of methoxy groups -OCH3 is 1. The van der Waals surface area contributed by atoms with Gasteiger partial charge in [0.05, 0.1) is 19.1 Å². The SMILES string of the molecule is COc1ccc(N(CC(=O)N(Cc2c(Cl)cccc2Cl)[C@@H](Cc2ccccc2)C(=O)NC(C)C)S(C)(=O)=O)cc1. The van der Waals surface area contributed by atoms with E-state index < -0.39 is 28.5 Å². The van der Waals surface area contributed by atoms with Gasteiger partial charge in [-0.3, -0.25) is 13.9 Å². The quantitative estimate of drug-likeness (QED) is 0.316. The van der Waals surface area contributed by atoms with Gasteiger partial charge < -0.3 is 15.0 Å². The van der Waals surface area contributed by atoms with Gasteiger partial charge in [0.1, 0.15) is 18.3 Å². The summed E-state index contributed by atoms with van der Waals surface area (Å²) in [7, 11) is -2.39. The molecule has 40 heavy (non-hydrogen) atoms. The molecule has 1 N–H and O–H groups in total. The van der Waals surface area contributed by atoms with E-state index in [1.165, 1.54) is 12.0 Å². The summed E-state index contributed by atoms with van der Waals surface area (Å²) in [6.45, 7) is 2.99. The van der Waals surface area contributed by atoms with Gasteiger partial charge in [0.2, 0.25) is 21.8 Å². The number of benzene rings is 3. The zero-order valence-electron chi connectivity index (χ0n) is 22.8. The number of halogens is 2. The third kappa shape index (κ3) is 8.36. The van der Waals surface area contributed by atoms with E-state index in [2.05, 4.69) is 5.32 Å². The van der Waals surface area contributed by atoms with Gasteiger partial charge in [-0.2, -0.15) is 0 Å². The Kier molecular flexibility index (Phi) is 10.8. The normalized spacial score (nSPS) is 12.1. The molecular weight excluding hydrogens is 573 g/mol. The number of hydrogen-bond donors (Lipinski definition) is 1. The van der Waals surface area contributed by atoms with Crippen molar-refractivity contribution in [3.05, 3.63) is 94.0 Å². The predicted molar refractivity (Wildman–Crippen MR) is 159 cm³/mol. The molecule has 8 nitrogen and oxygen atoms in total. The van der Waals surface area contributed by atoms with Crippen molar-refractivity contribution in [1.82, 2.24) is 10.2 Å². The lowest BCUT2D eigenvalue weighted by Crippen LogP contribution is -2.54. The van der Waals surface area contributed by atoms with Gasteiger partial charge in [-0.15, -0.1) is 0 Å². The topological polar surface area (TPSA) is 96.0 Å². The Morgan fingerprint density at radius 3 is 2.05 bits per heavy atom. The monoisotopic (exact) mass is 605 g/mol. The number of carbonyl (C=O) groups excluding carboxylic acids is 2. The van der Waals surface area contributed by atoms with E-state index in [0.717, 1.165) is 16.1 Å². The lowest BCUT2D eigenvalue weighted by Gasteiger charge is -2.34. The van der Waals surface area contributed by atoms with Crippen LogP contribution in [0.2, 0.25) is 10.0 Å². The van der Waals surface area contributed by atoms with Crippen LogP contribution < -0.4 is 14.4 Å². The van der Waals surface area contributed by atoms with Gasteiger partial charge in [0, 0.05) is 34.6 Å². The fourth-order valence-electron chi connectivity index (χ4n) is 4.15. The smallest absolute Gasteiger partial charge is 0.244 e. The first kappa shape index (κ1) is 31.3. The van der Waals surface area contributed by atoms with Crippen LogP contribution in [0.15, 0.2) is 72.8 Å². The number of nitrogens with zero attached hydrogens (tertiary/aromatic N) is 2. The summed E-state index contributed by atoms with van der Waals surface area (Å²) in [4.78, 5) is 29.0. The van der Waals surface area contributed by atoms with Crippen LogP contribution in [0.5, 0.6) is 5.75 Å². The minimum atomic E-state index is -3.89. The Morgan fingerprint density at radius 1 is 0.925 bits per heavy atom. The van der Waals surface area contributed by atoms with Crippen LogP contribution in [0.4, 0.5) is 5.69 Å². The van der Waals surface area contributed by atoms with Crippen molar-refractivity contribution >= 4 is 50.7 Å². The highest BCUT2D eigenvalue weighted by Gasteiger charge is 2.34. The number of carbonyl (C=O) groups is 2. The van der Waals surface area contributed by atoms with Crippen molar-refractivity contribution in [3.8, 4) is 5.75 Å². The standard InChI is InChI=1S/C29H33Cl2N3O5S/c1-20(2)32-29(36)27(17-21-9-6-5-7-10-21)33(18-24-25(30)11-8-12-26(24)31)28(35)19-34(40(4,37)38)22-13-15-23(39-3)16-14-22/h5-16,20,27H,17-19H2,1-4H3,(H,32,36)/t27-/m0/s1. The average Bonchev–Trinajstić information content (AvgIpc) is 2.90. The van der Waals surface area contributed by atoms with Crippen molar-refractivity contribution < 1.29 is 22.7 Å². The molecule has 0 aliphatic heterocycles. The third-order valence-corrected chi connectivity index (χ3v) is 7.98. The number of rotatable bonds is 12. The van der Waals surface area contributed by atoms with Crippen LogP contribution in [0.1, 0.15) is 25.0 Å². The first-order valence-electron chi connectivity index (χ1n) is 12.6. The molecule has 214 valence electrons. The maximum absolute atomic E-state index is 14.1. The molecule has 3 rings (SSSR count). The van der Waals surface area contributed by atoms with E-state index in [4.69, 9.17) is 27.9 Å². The molecule has 0 aliphatic carbocycles. The lowest BCUT2D eigenvalue weighted by molar-refractivity contribution is -0.140. The van der Waals surface area contributed by atoms with Gasteiger partial charge in [0.25, 0.3) is 0 Å². The Hall–Kier alpha value is -3.27. The van der Waals surface area contributed by atoms with Crippen LogP contribution >= 0.6 is 23.2 Å². The number of ether oxygens (including phenoxy) is 1. The molecule has 0 aromatic heterocycles. The predicted octanol–water partition coefficient (Wildman–Crippen LogP) is 4.93. The Balaban J connectivity index is 2.09. The molecule has 3 aromatic rings. The van der Waals surface area contributed by atoms with Gasteiger partial charge in [-0.1, -0.05) is 59.6 Å². The Labute approximate surface area is 245 Å². The summed E-state index contributed by atoms with van der Waals surface area (Å²) >= 11 is 12.9. The van der Waals surface area contributed by atoms with Crippen LogP contribution in [0.3, 0.4) is 0 Å². The van der Waals surface area contributed by atoms with Crippen LogP contribution in [0, 0.1) is 0 Å². The minimum Gasteiger partial charge on any atom is -0.497 e. The van der Waals surface area contributed by atoms with Gasteiger partial charge in [0.15, 0.2) is 0 Å². The van der Waals surface area contributed by atoms with E-state index in [0.29, 0.717) is 21.4 Å². The summed E-state index contributed by atoms with van der Waals surface area (Å²) in [6.07, 6.45) is 1.21. The van der Waals surface area contributed by atoms with Crippen molar-refractivity contribution in [2.24, 2.45) is 0 Å². The summed E-state index contributed by atoms with van der Waals surface area (Å²) in [6, 6.07) is 19.4. The summed E-state index contributed by atoms with van der Waals surface area (Å²) < 4.78 is 31.9. The third-order valence-electron chi connectivity index (χ3n) is 6.13. The van der Waals surface area contributed by atoms with E-state index in [1.54, 1.807) is 42.5 Å².